The largest absolute Gasteiger partial charge is 0.450 e. The molecule has 2 aromatic heterocycles. The van der Waals surface area contributed by atoms with Crippen molar-refractivity contribution in [1.29, 1.82) is 0 Å². The number of aliphatic hydroxyl groups excluding tert-OH is 2. The number of cyclic esters (lactones) is 1. The predicted molar refractivity (Wildman–Crippen MR) is 385 cm³/mol. The number of aromatic nitrogens is 2. The summed E-state index contributed by atoms with van der Waals surface area (Å²) in [6, 6.07) is -1.45. The molecule has 0 aliphatic carbocycles. The van der Waals surface area contributed by atoms with Crippen molar-refractivity contribution in [2.75, 3.05) is 55.4 Å². The molecule has 1 aliphatic rings. The molecule has 1 aliphatic heterocycles. The van der Waals surface area contributed by atoms with Gasteiger partial charge in [-0.1, -0.05) is 116 Å². The van der Waals surface area contributed by atoms with Crippen LogP contribution in [-0.4, -0.2) is 248 Å². The number of likely N-dealkylation sites (N-methyl/N-ethyl adjacent to an activating group) is 6. The van der Waals surface area contributed by atoms with Gasteiger partial charge in [-0.2, -0.15) is 0 Å². The number of ether oxygens (including phenoxy) is 1. The molecule has 3 heterocycles. The molecule has 13 atom stereocenters. The van der Waals surface area contributed by atoms with Gasteiger partial charge in [0.05, 0.1) is 30.1 Å². The average Bonchev–Trinajstić information content (AvgIpc) is 0.801. The normalized spacial score (nSPS) is 24.7. The second kappa shape index (κ2) is 40.9. The molecule has 27 heteroatoms. The Morgan fingerprint density at radius 3 is 1.31 bits per heavy atom. The first kappa shape index (κ1) is 87.6. The summed E-state index contributed by atoms with van der Waals surface area (Å²) in [7, 11) is 8.15. The highest BCUT2D eigenvalue weighted by molar-refractivity contribution is 5.99. The van der Waals surface area contributed by atoms with Gasteiger partial charge >= 0.3 is 5.97 Å². The van der Waals surface area contributed by atoms with Crippen LogP contribution in [0.4, 0.5) is 0 Å². The predicted octanol–water partition coefficient (Wildman–Crippen LogP) is 4.27. The molecule has 1 saturated heterocycles. The Balaban J connectivity index is 2.36. The lowest BCUT2D eigenvalue weighted by Crippen LogP contribution is -2.64. The molecule has 101 heavy (non-hydrogen) atoms. The van der Waals surface area contributed by atoms with E-state index < -0.39 is 162 Å². The Kier molecular flexibility index (Phi) is 35.4. The van der Waals surface area contributed by atoms with Crippen molar-refractivity contribution < 1.29 is 67.7 Å². The SMILES string of the molecule is CC(C)C[C@@H]1C(=O)N[C@@H](C)C(=O)O[C@@H](C(C)C)C(=O)N(C)[C@@H](CC(C)C)C(=O)N[C@H](CC(C)C)C(=O)N(C)[C@@H](C(C)C)C(=O)N(C)[C@H](C(O)[C@H](C)CCN(Cc2ccccn2)Cc2ccccn2)C(=O)N[C@@H](C(C)O)C(=O)N(C)CC(=O)N(C)[C@@H](CC(C)C)C(=O)N[C@H](CC(C)C)C(=O)N1C. The van der Waals surface area contributed by atoms with Crippen LogP contribution in [0.15, 0.2) is 48.8 Å². The van der Waals surface area contributed by atoms with Crippen LogP contribution < -0.4 is 21.3 Å². The van der Waals surface area contributed by atoms with Crippen LogP contribution in [0.2, 0.25) is 0 Å². The third-order valence-corrected chi connectivity index (χ3v) is 18.4. The number of nitrogens with zero attached hydrogens (tertiary/aromatic N) is 9. The molecule has 0 saturated carbocycles. The fourth-order valence-corrected chi connectivity index (χ4v) is 12.5. The molecular formula is C74H123N13O14. The summed E-state index contributed by atoms with van der Waals surface area (Å²) in [6.07, 6.45) is -0.774. The van der Waals surface area contributed by atoms with E-state index in [4.69, 9.17) is 4.74 Å². The Bertz CT molecular complexity index is 3000. The summed E-state index contributed by atoms with van der Waals surface area (Å²) in [5.74, 6) is -12.0. The smallest absolute Gasteiger partial charge is 0.329 e. The lowest BCUT2D eigenvalue weighted by molar-refractivity contribution is -0.166. The number of hydrogen-bond donors (Lipinski definition) is 6. The first-order valence-corrected chi connectivity index (χ1v) is 35.9. The van der Waals surface area contributed by atoms with Crippen LogP contribution in [0.25, 0.3) is 0 Å². The first-order chi connectivity index (χ1) is 47.0. The number of esters is 1. The minimum absolute atomic E-state index is 0.0593. The van der Waals surface area contributed by atoms with Gasteiger partial charge in [0, 0.05) is 67.8 Å². The molecule has 1 fully saturated rings. The Labute approximate surface area is 600 Å². The van der Waals surface area contributed by atoms with E-state index in [0.29, 0.717) is 19.6 Å². The summed E-state index contributed by atoms with van der Waals surface area (Å²) in [4.78, 5) is 181. The van der Waals surface area contributed by atoms with E-state index in [1.807, 2.05) is 93.5 Å². The third-order valence-electron chi connectivity index (χ3n) is 18.4. The van der Waals surface area contributed by atoms with Gasteiger partial charge in [-0.25, -0.2) is 4.79 Å². The lowest BCUT2D eigenvalue weighted by atomic mass is 9.91. The van der Waals surface area contributed by atoms with E-state index >= 15 is 14.4 Å². The summed E-state index contributed by atoms with van der Waals surface area (Å²) in [6.45, 7) is 29.8. The maximum absolute atomic E-state index is 15.6. The monoisotopic (exact) mass is 1420 g/mol. The first-order valence-electron chi connectivity index (χ1n) is 35.9. The molecule has 568 valence electrons. The van der Waals surface area contributed by atoms with Crippen molar-refractivity contribution in [2.24, 2.45) is 47.3 Å². The van der Waals surface area contributed by atoms with Gasteiger partial charge in [0.2, 0.25) is 53.2 Å². The fraction of sp³-hybridized carbons (Fsp3) is 0.716. The molecule has 2 unspecified atom stereocenters. The quantitative estimate of drug-likeness (QED) is 0.0897. The Hall–Kier alpha value is -7.65. The zero-order valence-corrected chi connectivity index (χ0v) is 64.6. The average molecular weight is 1420 g/mol. The molecule has 6 N–H and O–H groups in total. The standard InChI is InChI=1S/C74H123N13O14/c1-42(2)34-54-69(95)83(20)57(37-45(7)8)65(91)77-50(16)74(100)101-64(48(13)14)73(99)84(21)58(38-46(9)10)67(93)79-55(35-43(3)4)70(96)85(22)61(47(11)12)72(98)86(23)62(63(90)49(15)30-33-87(39-52-28-24-26-31-75-52)40-53-29-25-27-32-76-53)68(94)80-60(51(17)88)71(97)81(18)41-59(89)82(19)56(36-44(5)6)66(92)78-54/h24-29,31-32,42-51,54-58,60-64,88,90H,30,33-41H2,1-23H3,(H,77,91)(H,78,92)(H,79,93)(H,80,94)/t49-,50+,51?,54-,55-,56+,57-,58+,60+,61+,62-,63?,64+/m1/s1. The number of hydrogen-bond acceptors (Lipinski definition) is 17. The number of rotatable bonds is 22. The zero-order chi connectivity index (χ0) is 76.8. The minimum Gasteiger partial charge on any atom is -0.450 e. The molecular weight excluding hydrogens is 1290 g/mol. The molecule has 2 aromatic rings. The van der Waals surface area contributed by atoms with E-state index in [-0.39, 0.29) is 68.1 Å². The van der Waals surface area contributed by atoms with E-state index in [9.17, 15) is 48.6 Å². The van der Waals surface area contributed by atoms with Gasteiger partial charge in [-0.05, 0) is 131 Å². The van der Waals surface area contributed by atoms with Crippen LogP contribution in [0, 0.1) is 47.3 Å². The van der Waals surface area contributed by atoms with Gasteiger partial charge < -0.3 is 65.6 Å². The Morgan fingerprint density at radius 1 is 0.485 bits per heavy atom. The number of nitrogens with one attached hydrogen (secondary N) is 4. The number of carbonyl (C=O) groups excluding carboxylic acids is 11. The molecule has 10 amide bonds. The highest BCUT2D eigenvalue weighted by Gasteiger charge is 2.46. The second-order valence-corrected chi connectivity index (χ2v) is 30.6. The van der Waals surface area contributed by atoms with Gasteiger partial charge in [0.25, 0.3) is 5.91 Å². The van der Waals surface area contributed by atoms with Crippen molar-refractivity contribution in [1.82, 2.24) is 65.5 Å². The maximum Gasteiger partial charge on any atom is 0.329 e. The zero-order valence-electron chi connectivity index (χ0n) is 64.6. The van der Waals surface area contributed by atoms with Crippen LogP contribution >= 0.6 is 0 Å². The summed E-state index contributed by atoms with van der Waals surface area (Å²) in [5.41, 5.74) is 1.52. The van der Waals surface area contributed by atoms with Gasteiger partial charge in [0.15, 0.2) is 6.10 Å². The van der Waals surface area contributed by atoms with E-state index in [1.54, 1.807) is 59.1 Å². The van der Waals surface area contributed by atoms with Crippen molar-refractivity contribution in [2.45, 2.75) is 242 Å². The number of carbonyl (C=O) groups is 11. The highest BCUT2D eigenvalue weighted by Crippen LogP contribution is 2.26. The molecule has 27 nitrogen and oxygen atoms in total. The summed E-state index contributed by atoms with van der Waals surface area (Å²) in [5, 5.41) is 35.3. The van der Waals surface area contributed by atoms with Crippen molar-refractivity contribution >= 4 is 65.0 Å². The Morgan fingerprint density at radius 2 is 0.901 bits per heavy atom. The van der Waals surface area contributed by atoms with Crippen LogP contribution in [0.3, 0.4) is 0 Å². The molecule has 0 aromatic carbocycles. The number of aliphatic hydroxyl groups is 2. The third kappa shape index (κ3) is 26.3. The van der Waals surface area contributed by atoms with Gasteiger partial charge in [0.1, 0.15) is 54.4 Å². The second-order valence-electron chi connectivity index (χ2n) is 30.6. The topological polar surface area (TPSA) is 334 Å². The summed E-state index contributed by atoms with van der Waals surface area (Å²) < 4.78 is 5.93. The van der Waals surface area contributed by atoms with Crippen molar-refractivity contribution in [3.63, 3.8) is 0 Å². The number of pyridine rings is 2. The molecule has 3 rings (SSSR count). The molecule has 0 spiro atoms. The number of amides is 10. The van der Waals surface area contributed by atoms with E-state index in [0.717, 1.165) is 26.1 Å². The fourth-order valence-electron chi connectivity index (χ4n) is 12.5. The lowest BCUT2D eigenvalue weighted by Gasteiger charge is -2.40. The van der Waals surface area contributed by atoms with Crippen LogP contribution in [-0.2, 0) is 70.6 Å². The van der Waals surface area contributed by atoms with E-state index in [2.05, 4.69) is 36.1 Å². The highest BCUT2D eigenvalue weighted by atomic mass is 16.6. The van der Waals surface area contributed by atoms with Crippen LogP contribution in [0.1, 0.15) is 168 Å². The minimum atomic E-state index is -1.82. The molecule has 0 bridgehead atoms. The summed E-state index contributed by atoms with van der Waals surface area (Å²) >= 11 is 0. The van der Waals surface area contributed by atoms with Crippen molar-refractivity contribution in [3.8, 4) is 0 Å². The maximum atomic E-state index is 15.6. The van der Waals surface area contributed by atoms with Crippen LogP contribution in [0.5, 0.6) is 0 Å². The van der Waals surface area contributed by atoms with Gasteiger partial charge in [-0.15, -0.1) is 0 Å². The van der Waals surface area contributed by atoms with Crippen molar-refractivity contribution in [3.05, 3.63) is 60.2 Å². The van der Waals surface area contributed by atoms with E-state index in [1.165, 1.54) is 70.8 Å². The van der Waals surface area contributed by atoms with Gasteiger partial charge in [-0.3, -0.25) is 62.8 Å². The molecule has 0 radical (unpaired) electrons.